The van der Waals surface area contributed by atoms with E-state index in [-0.39, 0.29) is 0 Å². The molecule has 0 aliphatic carbocycles. The topological polar surface area (TPSA) is 64.9 Å². The molecule has 0 radical (unpaired) electrons. The molecule has 8 heteroatoms. The number of ether oxygens (including phenoxy) is 1. The zero-order chi connectivity index (χ0) is 19.0. The molecule has 0 bridgehead atoms. The number of halogens is 1. The third kappa shape index (κ3) is 3.48. The highest BCUT2D eigenvalue weighted by Gasteiger charge is 2.16. The van der Waals surface area contributed by atoms with Crippen molar-refractivity contribution >= 4 is 39.7 Å². The highest BCUT2D eigenvalue weighted by molar-refractivity contribution is 7.15. The van der Waals surface area contributed by atoms with Gasteiger partial charge in [0.25, 0.3) is 0 Å². The molecule has 0 saturated heterocycles. The molecule has 0 spiro atoms. The number of hydrogen-bond donors (Lipinski definition) is 1. The summed E-state index contributed by atoms with van der Waals surface area (Å²) in [5.41, 5.74) is 4.62. The molecular weight excluding hydrogens is 382 g/mol. The Hall–Kier alpha value is -2.64. The summed E-state index contributed by atoms with van der Waals surface area (Å²) in [5.74, 6) is 0.504. The van der Waals surface area contributed by atoms with E-state index in [1.807, 2.05) is 36.9 Å². The predicted molar refractivity (Wildman–Crippen MR) is 109 cm³/mol. The molecule has 0 amide bonds. The van der Waals surface area contributed by atoms with Crippen molar-refractivity contribution in [3.63, 3.8) is 0 Å². The van der Waals surface area contributed by atoms with Gasteiger partial charge in [0.1, 0.15) is 16.0 Å². The molecule has 1 N–H and O–H groups in total. The Morgan fingerprint density at radius 3 is 2.67 bits per heavy atom. The summed E-state index contributed by atoms with van der Waals surface area (Å²) in [6.45, 7) is 4.35. The number of aryl methyl sites for hydroxylation is 2. The maximum Gasteiger partial charge on any atom is 0.239 e. The van der Waals surface area contributed by atoms with E-state index in [0.29, 0.717) is 16.8 Å². The van der Waals surface area contributed by atoms with Crippen molar-refractivity contribution in [2.24, 2.45) is 0 Å². The first-order valence-corrected chi connectivity index (χ1v) is 9.63. The molecule has 3 aromatic heterocycles. The molecular formula is C19H18ClN5OS. The lowest BCUT2D eigenvalue weighted by Gasteiger charge is -2.10. The predicted octanol–water partition coefficient (Wildman–Crippen LogP) is 4.77. The molecule has 0 unspecified atom stereocenters. The molecule has 0 fully saturated rings. The van der Waals surface area contributed by atoms with Crippen molar-refractivity contribution in [2.45, 2.75) is 20.5 Å². The number of nitrogens with zero attached hydrogens (tertiary/aromatic N) is 4. The largest absolute Gasteiger partial charge is 0.469 e. The van der Waals surface area contributed by atoms with E-state index in [0.717, 1.165) is 33.1 Å². The van der Waals surface area contributed by atoms with E-state index < -0.39 is 0 Å². The van der Waals surface area contributed by atoms with Gasteiger partial charge < -0.3 is 10.1 Å². The number of benzene rings is 1. The Balaban J connectivity index is 1.76. The van der Waals surface area contributed by atoms with Gasteiger partial charge in [0.2, 0.25) is 5.88 Å². The van der Waals surface area contributed by atoms with E-state index >= 15 is 0 Å². The van der Waals surface area contributed by atoms with Gasteiger partial charge in [-0.1, -0.05) is 29.3 Å². The Bertz CT molecular complexity index is 1100. The second-order valence-electron chi connectivity index (χ2n) is 6.14. The van der Waals surface area contributed by atoms with Gasteiger partial charge in [-0.25, -0.2) is 9.67 Å². The summed E-state index contributed by atoms with van der Waals surface area (Å²) in [6, 6.07) is 10.2. The number of nitrogens with one attached hydrogen (secondary N) is 1. The van der Waals surface area contributed by atoms with Crippen molar-refractivity contribution in [1.29, 1.82) is 0 Å². The first-order valence-electron chi connectivity index (χ1n) is 8.43. The highest BCUT2D eigenvalue weighted by atomic mass is 35.5. The Labute approximate surface area is 165 Å². The van der Waals surface area contributed by atoms with E-state index in [1.54, 1.807) is 6.20 Å². The summed E-state index contributed by atoms with van der Waals surface area (Å²) < 4.78 is 8.41. The van der Waals surface area contributed by atoms with Crippen LogP contribution in [0, 0.1) is 13.8 Å². The third-order valence-corrected chi connectivity index (χ3v) is 5.30. The second-order valence-corrected chi connectivity index (χ2v) is 7.89. The van der Waals surface area contributed by atoms with Gasteiger partial charge >= 0.3 is 0 Å². The second kappa shape index (κ2) is 7.17. The number of aromatic nitrogens is 4. The van der Waals surface area contributed by atoms with Crippen LogP contribution in [-0.4, -0.2) is 26.8 Å². The van der Waals surface area contributed by atoms with Crippen LogP contribution in [0.5, 0.6) is 5.88 Å². The van der Waals surface area contributed by atoms with Gasteiger partial charge in [0.15, 0.2) is 5.65 Å². The molecule has 4 rings (SSSR count). The fourth-order valence-corrected chi connectivity index (χ4v) is 3.68. The molecule has 0 aliphatic heterocycles. The van der Waals surface area contributed by atoms with Crippen LogP contribution < -0.4 is 10.1 Å². The number of rotatable bonds is 5. The van der Waals surface area contributed by atoms with Gasteiger partial charge in [-0.15, -0.1) is 11.3 Å². The first kappa shape index (κ1) is 17.8. The lowest BCUT2D eigenvalue weighted by molar-refractivity contribution is 0.296. The molecule has 138 valence electrons. The molecule has 0 atom stereocenters. The summed E-state index contributed by atoms with van der Waals surface area (Å²) in [7, 11) is 1.84. The van der Waals surface area contributed by atoms with Gasteiger partial charge in [0, 0.05) is 12.4 Å². The zero-order valence-corrected chi connectivity index (χ0v) is 16.7. The average molecular weight is 400 g/mol. The number of pyridine rings is 1. The van der Waals surface area contributed by atoms with Crippen LogP contribution in [-0.2, 0) is 6.61 Å². The van der Waals surface area contributed by atoms with Crippen LogP contribution in [0.4, 0.5) is 5.69 Å². The number of thiazole rings is 1. The summed E-state index contributed by atoms with van der Waals surface area (Å²) in [4.78, 5) is 8.97. The van der Waals surface area contributed by atoms with Crippen LogP contribution in [0.15, 0.2) is 36.5 Å². The van der Waals surface area contributed by atoms with Crippen LogP contribution in [0.1, 0.15) is 16.3 Å². The minimum atomic E-state index is 0.308. The van der Waals surface area contributed by atoms with Gasteiger partial charge in [-0.2, -0.15) is 10.1 Å². The summed E-state index contributed by atoms with van der Waals surface area (Å²) >= 11 is 7.34. The lowest BCUT2D eigenvalue weighted by atomic mass is 10.2. The van der Waals surface area contributed by atoms with Crippen molar-refractivity contribution in [3.05, 3.63) is 57.1 Å². The number of hydrogen-bond acceptors (Lipinski definition) is 6. The zero-order valence-electron chi connectivity index (χ0n) is 15.2. The molecule has 3 heterocycles. The van der Waals surface area contributed by atoms with Crippen LogP contribution in [0.3, 0.4) is 0 Å². The molecule has 27 heavy (non-hydrogen) atoms. The molecule has 6 nitrogen and oxygen atoms in total. The fraction of sp³-hybridized carbons (Fsp3) is 0.211. The fourth-order valence-electron chi connectivity index (χ4n) is 2.81. The minimum absolute atomic E-state index is 0.308. The van der Waals surface area contributed by atoms with Crippen LogP contribution >= 0.6 is 22.9 Å². The standard InChI is InChI=1S/C19H18ClN5OS/c1-11-4-6-13(7-5-11)25-18-14(12(2)24-25)8-15(21-3)19(23-18)26-10-17-22-9-16(20)27-17/h4-9,21H,10H2,1-3H3. The number of anilines is 1. The number of fused-ring (bicyclic) bond motifs is 1. The Kier molecular flexibility index (Phi) is 4.72. The van der Waals surface area contributed by atoms with Crippen molar-refractivity contribution < 1.29 is 4.74 Å². The molecule has 0 aliphatic rings. The van der Waals surface area contributed by atoms with Gasteiger partial charge in [-0.05, 0) is 32.0 Å². The monoisotopic (exact) mass is 399 g/mol. The SMILES string of the molecule is CNc1cc2c(C)nn(-c3ccc(C)cc3)c2nc1OCc1ncc(Cl)s1. The van der Waals surface area contributed by atoms with E-state index in [4.69, 9.17) is 21.3 Å². The van der Waals surface area contributed by atoms with E-state index in [2.05, 4.69) is 34.5 Å². The highest BCUT2D eigenvalue weighted by Crippen LogP contribution is 2.31. The first-order chi connectivity index (χ1) is 13.0. The smallest absolute Gasteiger partial charge is 0.239 e. The van der Waals surface area contributed by atoms with E-state index in [1.165, 1.54) is 16.9 Å². The van der Waals surface area contributed by atoms with E-state index in [9.17, 15) is 0 Å². The van der Waals surface area contributed by atoms with Crippen LogP contribution in [0.2, 0.25) is 4.34 Å². The quantitative estimate of drug-likeness (QED) is 0.523. The van der Waals surface area contributed by atoms with Crippen molar-refractivity contribution in [1.82, 2.24) is 19.7 Å². The molecule has 4 aromatic rings. The Morgan fingerprint density at radius 1 is 1.22 bits per heavy atom. The summed E-state index contributed by atoms with van der Waals surface area (Å²) in [6.07, 6.45) is 1.62. The van der Waals surface area contributed by atoms with Crippen molar-refractivity contribution in [3.8, 4) is 11.6 Å². The maximum absolute atomic E-state index is 5.94. The van der Waals surface area contributed by atoms with Crippen molar-refractivity contribution in [2.75, 3.05) is 12.4 Å². The minimum Gasteiger partial charge on any atom is -0.469 e. The molecule has 1 aromatic carbocycles. The lowest BCUT2D eigenvalue weighted by Crippen LogP contribution is -2.03. The molecule has 0 saturated carbocycles. The average Bonchev–Trinajstić information content (AvgIpc) is 3.23. The third-order valence-electron chi connectivity index (χ3n) is 4.21. The normalized spacial score (nSPS) is 11.1. The Morgan fingerprint density at radius 2 is 2.00 bits per heavy atom. The van der Waals surface area contributed by atoms with Crippen LogP contribution in [0.25, 0.3) is 16.7 Å². The summed E-state index contributed by atoms with van der Waals surface area (Å²) in [5, 5.41) is 9.59. The van der Waals surface area contributed by atoms with Gasteiger partial charge in [-0.3, -0.25) is 0 Å². The maximum atomic E-state index is 5.94. The van der Waals surface area contributed by atoms with Gasteiger partial charge in [0.05, 0.1) is 23.3 Å².